The minimum atomic E-state index is 0. The van der Waals surface area contributed by atoms with E-state index in [9.17, 15) is 0 Å². The summed E-state index contributed by atoms with van der Waals surface area (Å²) in [6, 6.07) is 0. The molecule has 0 atom stereocenters. The molecule has 3 heteroatoms. The predicted octanol–water partition coefficient (Wildman–Crippen LogP) is 16.8. The van der Waals surface area contributed by atoms with Crippen molar-refractivity contribution >= 4 is 23.5 Å². The summed E-state index contributed by atoms with van der Waals surface area (Å²) in [5.41, 5.74) is 3.21. The quantitative estimate of drug-likeness (QED) is 0.264. The van der Waals surface area contributed by atoms with Crippen molar-refractivity contribution in [3.8, 4) is 0 Å². The molecule has 0 aromatic heterocycles. The van der Waals surface area contributed by atoms with Crippen molar-refractivity contribution in [3.63, 3.8) is 0 Å². The van der Waals surface area contributed by atoms with E-state index in [1.165, 1.54) is 50.0 Å². The lowest BCUT2D eigenvalue weighted by atomic mass is 9.58. The highest BCUT2D eigenvalue weighted by Gasteiger charge is 2.53. The summed E-state index contributed by atoms with van der Waals surface area (Å²) in [6.07, 6.45) is 8.64. The number of thioether (sulfide) groups is 2. The molecule has 0 bridgehead atoms. The van der Waals surface area contributed by atoms with Gasteiger partial charge in [0.2, 0.25) is 0 Å². The molecule has 49 heavy (non-hydrogen) atoms. The van der Waals surface area contributed by atoms with E-state index in [4.69, 9.17) is 0 Å². The third kappa shape index (κ3) is 21.8. The fourth-order valence-corrected chi connectivity index (χ4v) is 13.0. The predicted molar refractivity (Wildman–Crippen MR) is 240 cm³/mol. The largest absolute Gasteiger partial charge is 0.297 e. The van der Waals surface area contributed by atoms with Crippen molar-refractivity contribution in [3.05, 3.63) is 0 Å². The van der Waals surface area contributed by atoms with Crippen molar-refractivity contribution in [2.45, 2.75) is 235 Å². The Morgan fingerprint density at radius 2 is 0.796 bits per heavy atom. The second-order valence-corrected chi connectivity index (χ2v) is 26.5. The summed E-state index contributed by atoms with van der Waals surface area (Å²) in [5.74, 6) is 4.47. The SMILES string of the molecule is C.C.CC(C)(C)C(C1CCCCC1)C(C)(C)C.CC(C)(C)C1(C(C)(C)C)SCCS1.CC(C)(C)CC(C)(C)C.CN(C(C)(C)C)C(C)(C)C. The summed E-state index contributed by atoms with van der Waals surface area (Å²) in [6.45, 7) is 56.0. The first-order chi connectivity index (χ1) is 20.3. The molecule has 1 saturated carbocycles. The Balaban J connectivity index is -0.000000277. The van der Waals surface area contributed by atoms with Crippen LogP contribution < -0.4 is 0 Å². The maximum Gasteiger partial charge on any atom is 0.0707 e. The van der Waals surface area contributed by atoms with Gasteiger partial charge < -0.3 is 0 Å². The number of hydrogen-bond donors (Lipinski definition) is 0. The lowest BCUT2D eigenvalue weighted by molar-refractivity contribution is 0.0251. The van der Waals surface area contributed by atoms with Crippen LogP contribution in [-0.2, 0) is 0 Å². The molecule has 302 valence electrons. The van der Waals surface area contributed by atoms with Crippen LogP contribution >= 0.6 is 23.5 Å². The Hall–Kier alpha value is 0.660. The van der Waals surface area contributed by atoms with Gasteiger partial charge in [0.15, 0.2) is 0 Å². The molecule has 0 spiro atoms. The molecule has 2 aliphatic rings. The summed E-state index contributed by atoms with van der Waals surface area (Å²) in [5, 5.41) is 0. The molecule has 0 aromatic carbocycles. The van der Waals surface area contributed by atoms with Gasteiger partial charge in [-0.3, -0.25) is 4.90 Å². The highest BCUT2D eigenvalue weighted by Crippen LogP contribution is 2.63. The molecule has 2 rings (SSSR count). The van der Waals surface area contributed by atoms with E-state index in [1.54, 1.807) is 0 Å². The Morgan fingerprint density at radius 1 is 0.510 bits per heavy atom. The third-order valence-electron chi connectivity index (χ3n) is 9.73. The molecule has 1 heterocycles. The van der Waals surface area contributed by atoms with Gasteiger partial charge in [-0.25, -0.2) is 0 Å². The first-order valence-corrected chi connectivity index (χ1v) is 21.3. The van der Waals surface area contributed by atoms with Gasteiger partial charge in [0.05, 0.1) is 4.08 Å². The van der Waals surface area contributed by atoms with E-state index in [0.29, 0.717) is 36.6 Å². The molecular formula is C46H101NS2. The molecule has 1 nitrogen and oxygen atoms in total. The fourth-order valence-electron chi connectivity index (χ4n) is 9.18. The Kier molecular flexibility index (Phi) is 23.4. The van der Waals surface area contributed by atoms with Crippen LogP contribution in [0.25, 0.3) is 0 Å². The molecule has 0 N–H and O–H groups in total. The summed E-state index contributed by atoms with van der Waals surface area (Å²) in [4.78, 5) is 2.38. The van der Waals surface area contributed by atoms with Gasteiger partial charge in [0.25, 0.3) is 0 Å². The maximum atomic E-state index is 2.43. The Labute approximate surface area is 324 Å². The molecule has 0 aromatic rings. The Bertz CT molecular complexity index is 777. The normalized spacial score (nSPS) is 18.2. The number of rotatable bonds is 1. The van der Waals surface area contributed by atoms with E-state index in [2.05, 4.69) is 202 Å². The van der Waals surface area contributed by atoms with Gasteiger partial charge in [-0.15, -0.1) is 23.5 Å². The first-order valence-electron chi connectivity index (χ1n) is 19.3. The summed E-state index contributed by atoms with van der Waals surface area (Å²) in [7, 11) is 2.17. The summed E-state index contributed by atoms with van der Waals surface area (Å²) >= 11 is 4.33. The van der Waals surface area contributed by atoms with Crippen molar-refractivity contribution in [2.75, 3.05) is 18.6 Å². The topological polar surface area (TPSA) is 3.24 Å². The van der Waals surface area contributed by atoms with Crippen LogP contribution in [0.2, 0.25) is 0 Å². The fraction of sp³-hybridized carbons (Fsp3) is 1.00. The van der Waals surface area contributed by atoms with Gasteiger partial charge >= 0.3 is 0 Å². The van der Waals surface area contributed by atoms with Gasteiger partial charge in [-0.1, -0.05) is 172 Å². The molecule has 0 amide bonds. The van der Waals surface area contributed by atoms with Crippen LogP contribution in [0.4, 0.5) is 0 Å². The van der Waals surface area contributed by atoms with E-state index >= 15 is 0 Å². The van der Waals surface area contributed by atoms with Gasteiger partial charge in [0, 0.05) is 22.6 Å². The van der Waals surface area contributed by atoms with Gasteiger partial charge in [-0.2, -0.15) is 0 Å². The van der Waals surface area contributed by atoms with E-state index in [1.807, 2.05) is 0 Å². The molecule has 0 unspecified atom stereocenters. The lowest BCUT2D eigenvalue weighted by Gasteiger charge is -2.49. The second kappa shape index (κ2) is 20.4. The van der Waals surface area contributed by atoms with Crippen LogP contribution in [0.3, 0.4) is 0 Å². The molecule has 0 radical (unpaired) electrons. The summed E-state index contributed by atoms with van der Waals surface area (Å²) < 4.78 is 0.403. The van der Waals surface area contributed by atoms with E-state index < -0.39 is 0 Å². The third-order valence-corrected chi connectivity index (χ3v) is 14.8. The zero-order valence-electron chi connectivity index (χ0n) is 37.6. The molecule has 1 aliphatic carbocycles. The van der Waals surface area contributed by atoms with E-state index in [0.717, 1.165) is 11.8 Å². The van der Waals surface area contributed by atoms with Crippen LogP contribution in [0.5, 0.6) is 0 Å². The van der Waals surface area contributed by atoms with Crippen molar-refractivity contribution in [1.82, 2.24) is 4.90 Å². The first kappa shape index (κ1) is 56.4. The van der Waals surface area contributed by atoms with Crippen molar-refractivity contribution in [1.29, 1.82) is 0 Å². The van der Waals surface area contributed by atoms with Crippen LogP contribution in [-0.4, -0.2) is 38.6 Å². The molecule has 1 saturated heterocycles. The smallest absolute Gasteiger partial charge is 0.0707 e. The lowest BCUT2D eigenvalue weighted by Crippen LogP contribution is -2.49. The second-order valence-electron chi connectivity index (χ2n) is 23.6. The van der Waals surface area contributed by atoms with Crippen LogP contribution in [0.1, 0.15) is 220 Å². The average Bonchev–Trinajstić information content (AvgIpc) is 3.27. The number of nitrogens with zero attached hydrogens (tertiary/aromatic N) is 1. The van der Waals surface area contributed by atoms with Gasteiger partial charge in [0.1, 0.15) is 0 Å². The van der Waals surface area contributed by atoms with Crippen molar-refractivity contribution in [2.24, 2.45) is 44.3 Å². The standard InChI is InChI=1S/C15H30.C11H22S2.C9H21N.C9H20.2CH4/c1-14(2,3)13(15(4,5)6)12-10-8-7-9-11-12;1-9(2,3)11(10(4,5)6)12-7-8-13-11;1-8(2,3)10(7)9(4,5)6;1-8(2,3)7-9(4,5)6;;/h12-13H,7-11H2,1-6H3;7-8H2,1-6H3;1-7H3;7H2,1-6H3;2*1H4. The van der Waals surface area contributed by atoms with Crippen LogP contribution in [0, 0.1) is 44.3 Å². The molecular weight excluding hydrogens is 631 g/mol. The zero-order chi connectivity index (χ0) is 38.3. The molecule has 2 fully saturated rings. The Morgan fingerprint density at radius 3 is 0.939 bits per heavy atom. The molecule has 1 aliphatic heterocycles. The van der Waals surface area contributed by atoms with Crippen LogP contribution in [0.15, 0.2) is 0 Å². The number of hydrogen-bond acceptors (Lipinski definition) is 3. The minimum Gasteiger partial charge on any atom is -0.297 e. The monoisotopic (exact) mass is 732 g/mol. The highest BCUT2D eigenvalue weighted by atomic mass is 32.2. The minimum absolute atomic E-state index is 0. The van der Waals surface area contributed by atoms with Gasteiger partial charge in [-0.05, 0) is 99.3 Å². The van der Waals surface area contributed by atoms with Crippen molar-refractivity contribution < 1.29 is 0 Å². The van der Waals surface area contributed by atoms with E-state index in [-0.39, 0.29) is 25.9 Å². The average molecular weight is 732 g/mol. The zero-order valence-corrected chi connectivity index (χ0v) is 39.2. The highest BCUT2D eigenvalue weighted by molar-refractivity contribution is 8.21. The maximum absolute atomic E-state index is 2.43.